The number of aromatic nitrogens is 5. The molecule has 170 valence electrons. The Hall–Kier alpha value is -3.28. The van der Waals surface area contributed by atoms with Crippen LogP contribution in [0.25, 0.3) is 5.00 Å². The predicted molar refractivity (Wildman–Crippen MR) is 131 cm³/mol. The van der Waals surface area contributed by atoms with Crippen LogP contribution in [0.2, 0.25) is 5.02 Å². The van der Waals surface area contributed by atoms with Gasteiger partial charge in [0.1, 0.15) is 16.9 Å². The van der Waals surface area contributed by atoms with E-state index in [9.17, 15) is 0 Å². The standard InChI is InChI=1S/C25H21ClN6OS/c1-13-20(11-6-16-4-5-16)34-25-22(13)23(17-7-9-18(26)10-8-17)27-19(12-21-30-29-15(3)33-21)24-31-28-14(2)32(24)25/h7-10,16,19H,4-5,12H2,1-3H3/t19-/m0/s1. The maximum absolute atomic E-state index is 6.20. The molecule has 0 bridgehead atoms. The lowest BCUT2D eigenvalue weighted by Crippen LogP contribution is -2.09. The summed E-state index contributed by atoms with van der Waals surface area (Å²) in [5, 5.41) is 18.8. The largest absolute Gasteiger partial charge is 0.426 e. The van der Waals surface area contributed by atoms with Crippen molar-refractivity contribution >= 4 is 28.6 Å². The van der Waals surface area contributed by atoms with E-state index in [1.54, 1.807) is 18.3 Å². The van der Waals surface area contributed by atoms with Gasteiger partial charge in [-0.3, -0.25) is 9.56 Å². The van der Waals surface area contributed by atoms with Gasteiger partial charge in [0.15, 0.2) is 5.82 Å². The van der Waals surface area contributed by atoms with Gasteiger partial charge in [-0.2, -0.15) is 0 Å². The Labute approximate surface area is 205 Å². The van der Waals surface area contributed by atoms with E-state index in [1.807, 2.05) is 31.2 Å². The molecule has 1 atom stereocenters. The summed E-state index contributed by atoms with van der Waals surface area (Å²) >= 11 is 7.88. The van der Waals surface area contributed by atoms with Crippen molar-refractivity contribution in [1.29, 1.82) is 0 Å². The number of benzene rings is 1. The van der Waals surface area contributed by atoms with Gasteiger partial charge in [0.2, 0.25) is 11.8 Å². The fourth-order valence-corrected chi connectivity index (χ4v) is 5.47. The predicted octanol–water partition coefficient (Wildman–Crippen LogP) is 5.19. The second-order valence-corrected chi connectivity index (χ2v) is 10.1. The molecule has 4 heterocycles. The Morgan fingerprint density at radius 2 is 1.88 bits per heavy atom. The Bertz CT molecular complexity index is 1500. The van der Waals surface area contributed by atoms with Gasteiger partial charge >= 0.3 is 0 Å². The topological polar surface area (TPSA) is 82.0 Å². The number of thiophene rings is 1. The van der Waals surface area contributed by atoms with Crippen molar-refractivity contribution in [3.8, 4) is 16.8 Å². The molecule has 6 rings (SSSR count). The van der Waals surface area contributed by atoms with Gasteiger partial charge in [0.05, 0.1) is 17.0 Å². The number of aryl methyl sites for hydroxylation is 2. The van der Waals surface area contributed by atoms with E-state index in [1.165, 1.54) is 12.8 Å². The lowest BCUT2D eigenvalue weighted by atomic mass is 9.99. The number of halogens is 1. The molecule has 1 aliphatic carbocycles. The van der Waals surface area contributed by atoms with Gasteiger partial charge in [0, 0.05) is 29.0 Å². The van der Waals surface area contributed by atoms with E-state index in [0.29, 0.717) is 29.1 Å². The van der Waals surface area contributed by atoms with Crippen LogP contribution in [0.15, 0.2) is 33.7 Å². The molecule has 1 fully saturated rings. The third-order valence-corrected chi connectivity index (χ3v) is 7.47. The molecule has 3 aromatic heterocycles. The quantitative estimate of drug-likeness (QED) is 0.371. The lowest BCUT2D eigenvalue weighted by molar-refractivity contribution is 0.447. The molecule has 1 saturated carbocycles. The number of hydrogen-bond acceptors (Lipinski definition) is 7. The minimum Gasteiger partial charge on any atom is -0.426 e. The Balaban J connectivity index is 1.58. The molecular formula is C25H21ClN6OS. The van der Waals surface area contributed by atoms with Crippen LogP contribution in [-0.2, 0) is 6.42 Å². The molecular weight excluding hydrogens is 468 g/mol. The van der Waals surface area contributed by atoms with Crippen LogP contribution >= 0.6 is 22.9 Å². The second kappa shape index (κ2) is 8.19. The SMILES string of the molecule is Cc1nnc(C[C@@H]2N=C(c3ccc(Cl)cc3)c3c(sc(C#CC4CC4)c3C)-n3c(C)nnc32)o1. The molecule has 2 aliphatic rings. The van der Waals surface area contributed by atoms with Gasteiger partial charge in [-0.25, -0.2) is 0 Å². The van der Waals surface area contributed by atoms with Gasteiger partial charge < -0.3 is 4.42 Å². The van der Waals surface area contributed by atoms with Crippen molar-refractivity contribution in [1.82, 2.24) is 25.0 Å². The molecule has 1 aliphatic heterocycles. The average molecular weight is 489 g/mol. The number of fused-ring (bicyclic) bond motifs is 3. The molecule has 1 aromatic carbocycles. The molecule has 0 amide bonds. The molecule has 0 spiro atoms. The first kappa shape index (κ1) is 21.3. The summed E-state index contributed by atoms with van der Waals surface area (Å²) in [6.45, 7) is 5.87. The van der Waals surface area contributed by atoms with Crippen molar-refractivity contribution in [2.45, 2.75) is 46.1 Å². The summed E-state index contributed by atoms with van der Waals surface area (Å²) in [4.78, 5) is 6.30. The van der Waals surface area contributed by atoms with Crippen molar-refractivity contribution in [2.24, 2.45) is 10.9 Å². The van der Waals surface area contributed by atoms with Crippen LogP contribution in [-0.4, -0.2) is 30.7 Å². The lowest BCUT2D eigenvalue weighted by Gasteiger charge is -2.11. The Kier molecular flexibility index (Phi) is 5.12. The zero-order chi connectivity index (χ0) is 23.4. The van der Waals surface area contributed by atoms with Gasteiger partial charge in [-0.05, 0) is 44.4 Å². The molecule has 4 aromatic rings. The highest BCUT2D eigenvalue weighted by molar-refractivity contribution is 7.15. The minimum absolute atomic E-state index is 0.341. The highest BCUT2D eigenvalue weighted by Gasteiger charge is 2.32. The minimum atomic E-state index is -0.341. The summed E-state index contributed by atoms with van der Waals surface area (Å²) < 4.78 is 7.79. The molecule has 0 saturated heterocycles. The summed E-state index contributed by atoms with van der Waals surface area (Å²) in [6.07, 6.45) is 2.82. The molecule has 0 radical (unpaired) electrons. The Morgan fingerprint density at radius 3 is 2.59 bits per heavy atom. The summed E-state index contributed by atoms with van der Waals surface area (Å²) in [5.74, 6) is 9.98. The van der Waals surface area contributed by atoms with Crippen LogP contribution in [0.3, 0.4) is 0 Å². The molecule has 34 heavy (non-hydrogen) atoms. The monoisotopic (exact) mass is 488 g/mol. The van der Waals surface area contributed by atoms with Crippen molar-refractivity contribution in [3.05, 3.63) is 74.3 Å². The fourth-order valence-electron chi connectivity index (χ4n) is 4.12. The average Bonchev–Trinajstić information content (AvgIpc) is 3.36. The first-order valence-electron chi connectivity index (χ1n) is 11.2. The summed E-state index contributed by atoms with van der Waals surface area (Å²) in [7, 11) is 0. The van der Waals surface area contributed by atoms with Crippen LogP contribution in [0.5, 0.6) is 0 Å². The third kappa shape index (κ3) is 3.75. The van der Waals surface area contributed by atoms with Crippen LogP contribution < -0.4 is 0 Å². The van der Waals surface area contributed by atoms with Crippen LogP contribution in [0.4, 0.5) is 0 Å². The van der Waals surface area contributed by atoms with E-state index in [4.69, 9.17) is 21.0 Å². The van der Waals surface area contributed by atoms with Crippen LogP contribution in [0.1, 0.15) is 63.9 Å². The fraction of sp³-hybridized carbons (Fsp3) is 0.320. The van der Waals surface area contributed by atoms with Crippen LogP contribution in [0, 0.1) is 38.5 Å². The highest BCUT2D eigenvalue weighted by atomic mass is 35.5. The van der Waals surface area contributed by atoms with E-state index < -0.39 is 0 Å². The van der Waals surface area contributed by atoms with Gasteiger partial charge in [0.25, 0.3) is 0 Å². The molecule has 7 nitrogen and oxygen atoms in total. The number of nitrogens with zero attached hydrogens (tertiary/aromatic N) is 6. The maximum Gasteiger partial charge on any atom is 0.219 e. The zero-order valence-electron chi connectivity index (χ0n) is 19.0. The molecule has 9 heteroatoms. The van der Waals surface area contributed by atoms with E-state index >= 15 is 0 Å². The summed E-state index contributed by atoms with van der Waals surface area (Å²) in [6, 6.07) is 7.45. The van der Waals surface area contributed by atoms with E-state index in [2.05, 4.69) is 43.7 Å². The number of aliphatic imine (C=N–C) groups is 1. The van der Waals surface area contributed by atoms with Crippen molar-refractivity contribution in [3.63, 3.8) is 0 Å². The summed E-state index contributed by atoms with van der Waals surface area (Å²) in [5.41, 5.74) is 4.04. The van der Waals surface area contributed by atoms with Gasteiger partial charge in [-0.15, -0.1) is 31.7 Å². The molecule has 0 N–H and O–H groups in total. The number of hydrogen-bond donors (Lipinski definition) is 0. The second-order valence-electron chi connectivity index (χ2n) is 8.64. The van der Waals surface area contributed by atoms with Crippen molar-refractivity contribution < 1.29 is 4.42 Å². The van der Waals surface area contributed by atoms with E-state index in [0.717, 1.165) is 43.9 Å². The highest BCUT2D eigenvalue weighted by Crippen LogP contribution is 2.40. The smallest absolute Gasteiger partial charge is 0.219 e. The Morgan fingerprint density at radius 1 is 1.09 bits per heavy atom. The maximum atomic E-state index is 6.20. The number of rotatable bonds is 3. The van der Waals surface area contributed by atoms with E-state index in [-0.39, 0.29) is 6.04 Å². The normalized spacial score (nSPS) is 16.8. The first-order chi connectivity index (χ1) is 16.5. The van der Waals surface area contributed by atoms with Gasteiger partial charge in [-0.1, -0.05) is 35.6 Å². The zero-order valence-corrected chi connectivity index (χ0v) is 20.5. The third-order valence-electron chi connectivity index (χ3n) is 6.02. The first-order valence-corrected chi connectivity index (χ1v) is 12.4. The molecule has 0 unspecified atom stereocenters. The van der Waals surface area contributed by atoms with Crippen molar-refractivity contribution in [2.75, 3.05) is 0 Å².